The lowest BCUT2D eigenvalue weighted by Gasteiger charge is -2.12. The highest BCUT2D eigenvalue weighted by Gasteiger charge is 2.34. The second-order valence-electron chi connectivity index (χ2n) is 4.14. The molecule has 0 radical (unpaired) electrons. The molecular weight excluding hydrogens is 293 g/mol. The van der Waals surface area contributed by atoms with Crippen molar-refractivity contribution in [1.82, 2.24) is 0 Å². The minimum Gasteiger partial charge on any atom is -0.479 e. The molecule has 1 aromatic rings. The molecule has 0 aromatic heterocycles. The average molecular weight is 304 g/mol. The van der Waals surface area contributed by atoms with Gasteiger partial charge in [0.05, 0.1) is 10.7 Å². The maximum Gasteiger partial charge on any atom is 0.332 e. The highest BCUT2D eigenvalue weighted by molar-refractivity contribution is 6.35. The Kier molecular flexibility index (Phi) is 4.29. The van der Waals surface area contributed by atoms with Crippen LogP contribution in [0.2, 0.25) is 10.0 Å². The summed E-state index contributed by atoms with van der Waals surface area (Å²) in [5.74, 6) is -1.48. The van der Waals surface area contributed by atoms with Crippen LogP contribution in [0.15, 0.2) is 18.2 Å². The number of carboxylic acid groups (broad SMARTS) is 1. The van der Waals surface area contributed by atoms with E-state index in [1.165, 1.54) is 6.07 Å². The highest BCUT2D eigenvalue weighted by Crippen LogP contribution is 2.27. The van der Waals surface area contributed by atoms with Gasteiger partial charge in [-0.2, -0.15) is 0 Å². The third kappa shape index (κ3) is 3.37. The first kappa shape index (κ1) is 14.1. The van der Waals surface area contributed by atoms with Gasteiger partial charge in [-0.3, -0.25) is 4.79 Å². The Morgan fingerprint density at radius 3 is 2.58 bits per heavy atom. The quantitative estimate of drug-likeness (QED) is 0.900. The van der Waals surface area contributed by atoms with Crippen molar-refractivity contribution in [3.63, 3.8) is 0 Å². The molecule has 1 aromatic carbocycles. The number of benzene rings is 1. The van der Waals surface area contributed by atoms with E-state index >= 15 is 0 Å². The van der Waals surface area contributed by atoms with Crippen LogP contribution in [0.3, 0.4) is 0 Å². The Labute approximate surface area is 119 Å². The second kappa shape index (κ2) is 5.77. The molecule has 1 amide bonds. The normalized spacial score (nSPS) is 22.2. The van der Waals surface area contributed by atoms with Crippen molar-refractivity contribution < 1.29 is 19.4 Å². The van der Waals surface area contributed by atoms with Gasteiger partial charge >= 0.3 is 5.97 Å². The van der Waals surface area contributed by atoms with Crippen molar-refractivity contribution in [2.24, 2.45) is 0 Å². The third-order valence-corrected chi connectivity index (χ3v) is 3.34. The topological polar surface area (TPSA) is 75.6 Å². The number of hydrogen-bond acceptors (Lipinski definition) is 3. The van der Waals surface area contributed by atoms with E-state index in [2.05, 4.69) is 5.32 Å². The predicted octanol–water partition coefficient (Wildman–Crippen LogP) is 2.56. The van der Waals surface area contributed by atoms with Gasteiger partial charge < -0.3 is 15.2 Å². The molecule has 1 fully saturated rings. The van der Waals surface area contributed by atoms with Crippen molar-refractivity contribution in [3.8, 4) is 0 Å². The molecule has 0 aliphatic carbocycles. The molecule has 2 atom stereocenters. The van der Waals surface area contributed by atoms with Gasteiger partial charge in [0, 0.05) is 5.02 Å². The number of nitrogens with one attached hydrogen (secondary N) is 1. The smallest absolute Gasteiger partial charge is 0.332 e. The lowest BCUT2D eigenvalue weighted by atomic mass is 10.2. The number of halogens is 2. The molecular formula is C12H11Cl2NO4. The fraction of sp³-hybridized carbons (Fsp3) is 0.333. The zero-order chi connectivity index (χ0) is 14.0. The number of aliphatic carboxylic acids is 1. The van der Waals surface area contributed by atoms with E-state index in [4.69, 9.17) is 33.0 Å². The van der Waals surface area contributed by atoms with Crippen LogP contribution in [0.5, 0.6) is 0 Å². The minimum atomic E-state index is -1.06. The monoisotopic (exact) mass is 303 g/mol. The van der Waals surface area contributed by atoms with Gasteiger partial charge in [0.25, 0.3) is 5.91 Å². The summed E-state index contributed by atoms with van der Waals surface area (Å²) in [6.45, 7) is 0. The predicted molar refractivity (Wildman–Crippen MR) is 70.6 cm³/mol. The zero-order valence-corrected chi connectivity index (χ0v) is 11.2. The fourth-order valence-electron chi connectivity index (χ4n) is 1.82. The molecule has 1 saturated heterocycles. The van der Waals surface area contributed by atoms with Crippen molar-refractivity contribution in [1.29, 1.82) is 0 Å². The maximum atomic E-state index is 11.9. The average Bonchev–Trinajstić information content (AvgIpc) is 2.83. The summed E-state index contributed by atoms with van der Waals surface area (Å²) in [5, 5.41) is 12.2. The summed E-state index contributed by atoms with van der Waals surface area (Å²) in [6.07, 6.45) is -1.03. The maximum absolute atomic E-state index is 11.9. The molecule has 1 aliphatic heterocycles. The molecule has 0 spiro atoms. The van der Waals surface area contributed by atoms with Crippen molar-refractivity contribution >= 4 is 40.8 Å². The summed E-state index contributed by atoms with van der Waals surface area (Å²) >= 11 is 11.7. The standard InChI is InChI=1S/C12H11Cl2NO4/c13-6-1-2-7(14)8(5-6)15-11(16)9-3-4-10(19-9)12(17)18/h1-2,5,9-10H,3-4H2,(H,15,16)(H,17,18). The van der Waals surface area contributed by atoms with E-state index in [1.807, 2.05) is 0 Å². The summed E-state index contributed by atoms with van der Waals surface area (Å²) in [4.78, 5) is 22.6. The summed E-state index contributed by atoms with van der Waals surface area (Å²) in [5.41, 5.74) is 0.376. The van der Waals surface area contributed by atoms with Gasteiger partial charge in [0.1, 0.15) is 6.10 Å². The van der Waals surface area contributed by atoms with Crippen LogP contribution in [0.1, 0.15) is 12.8 Å². The molecule has 0 bridgehead atoms. The van der Waals surface area contributed by atoms with Gasteiger partial charge in [-0.15, -0.1) is 0 Å². The highest BCUT2D eigenvalue weighted by atomic mass is 35.5. The molecule has 2 unspecified atom stereocenters. The van der Waals surface area contributed by atoms with E-state index in [0.29, 0.717) is 28.6 Å². The third-order valence-electron chi connectivity index (χ3n) is 2.77. The molecule has 102 valence electrons. The molecule has 0 saturated carbocycles. The van der Waals surface area contributed by atoms with Gasteiger partial charge in [-0.25, -0.2) is 4.79 Å². The summed E-state index contributed by atoms with van der Waals surface area (Å²) in [7, 11) is 0. The van der Waals surface area contributed by atoms with Crippen LogP contribution in [-0.4, -0.2) is 29.2 Å². The number of carbonyl (C=O) groups excluding carboxylic acids is 1. The van der Waals surface area contributed by atoms with E-state index in [0.717, 1.165) is 0 Å². The van der Waals surface area contributed by atoms with Gasteiger partial charge in [-0.1, -0.05) is 23.2 Å². The van der Waals surface area contributed by atoms with Crippen LogP contribution in [-0.2, 0) is 14.3 Å². The zero-order valence-electron chi connectivity index (χ0n) is 9.73. The SMILES string of the molecule is O=C(O)C1CCC(C(=O)Nc2cc(Cl)ccc2Cl)O1. The Morgan fingerprint density at radius 2 is 1.95 bits per heavy atom. The number of hydrogen-bond donors (Lipinski definition) is 2. The van der Waals surface area contributed by atoms with Crippen molar-refractivity contribution in [2.75, 3.05) is 5.32 Å². The number of ether oxygens (including phenoxy) is 1. The van der Waals surface area contributed by atoms with E-state index in [1.54, 1.807) is 12.1 Å². The first-order valence-corrected chi connectivity index (χ1v) is 6.37. The van der Waals surface area contributed by atoms with Crippen LogP contribution in [0.4, 0.5) is 5.69 Å². The summed E-state index contributed by atoms with van der Waals surface area (Å²) < 4.78 is 5.14. The molecule has 7 heteroatoms. The van der Waals surface area contributed by atoms with Crippen molar-refractivity contribution in [2.45, 2.75) is 25.0 Å². The first-order valence-electron chi connectivity index (χ1n) is 5.61. The Bertz CT molecular complexity index is 520. The number of carbonyl (C=O) groups is 2. The van der Waals surface area contributed by atoms with Crippen LogP contribution >= 0.6 is 23.2 Å². The number of carboxylic acids is 1. The van der Waals surface area contributed by atoms with Crippen LogP contribution in [0.25, 0.3) is 0 Å². The lowest BCUT2D eigenvalue weighted by Crippen LogP contribution is -2.30. The summed E-state index contributed by atoms with van der Waals surface area (Å²) in [6, 6.07) is 4.69. The molecule has 5 nitrogen and oxygen atoms in total. The lowest BCUT2D eigenvalue weighted by molar-refractivity contribution is -0.150. The molecule has 19 heavy (non-hydrogen) atoms. The largest absolute Gasteiger partial charge is 0.479 e. The van der Waals surface area contributed by atoms with Gasteiger partial charge in [-0.05, 0) is 31.0 Å². The second-order valence-corrected chi connectivity index (χ2v) is 4.99. The Hall–Kier alpha value is -1.30. The van der Waals surface area contributed by atoms with Gasteiger partial charge in [0.15, 0.2) is 6.10 Å². The van der Waals surface area contributed by atoms with Crippen LogP contribution < -0.4 is 5.32 Å². The molecule has 2 N–H and O–H groups in total. The minimum absolute atomic E-state index is 0.316. The van der Waals surface area contributed by atoms with Crippen LogP contribution in [0, 0.1) is 0 Å². The number of amides is 1. The van der Waals surface area contributed by atoms with Gasteiger partial charge in [0.2, 0.25) is 0 Å². The van der Waals surface area contributed by atoms with Crippen molar-refractivity contribution in [3.05, 3.63) is 28.2 Å². The van der Waals surface area contributed by atoms with E-state index in [-0.39, 0.29) is 0 Å². The fourth-order valence-corrected chi connectivity index (χ4v) is 2.16. The number of anilines is 1. The van der Waals surface area contributed by atoms with E-state index < -0.39 is 24.1 Å². The molecule has 1 aliphatic rings. The Balaban J connectivity index is 2.02. The van der Waals surface area contributed by atoms with E-state index in [9.17, 15) is 9.59 Å². The molecule has 2 rings (SSSR count). The first-order chi connectivity index (χ1) is 8.97. The Morgan fingerprint density at radius 1 is 1.26 bits per heavy atom. The number of rotatable bonds is 3. The molecule has 1 heterocycles.